The zero-order chi connectivity index (χ0) is 13.2. The maximum absolute atomic E-state index is 5.94. The summed E-state index contributed by atoms with van der Waals surface area (Å²) in [5.74, 6) is 0. The van der Waals surface area contributed by atoms with Crippen LogP contribution in [0.3, 0.4) is 0 Å². The molecule has 0 bridgehead atoms. The summed E-state index contributed by atoms with van der Waals surface area (Å²) in [6.45, 7) is 13.3. The summed E-state index contributed by atoms with van der Waals surface area (Å²) in [5.41, 5.74) is 7.03. The van der Waals surface area contributed by atoms with E-state index in [-0.39, 0.29) is 17.6 Å². The molecule has 0 aliphatic carbocycles. The van der Waals surface area contributed by atoms with Crippen molar-refractivity contribution < 1.29 is 4.74 Å². The molecule has 98 valence electrons. The summed E-state index contributed by atoms with van der Waals surface area (Å²) in [4.78, 5) is 5.79. The van der Waals surface area contributed by atoms with Gasteiger partial charge in [-0.1, -0.05) is 20.8 Å². The standard InChI is InChI=1S/C13H24N2OS/c1-7-16-11(13(4,5)6)12-15-9(3)10(17-12)8(2)14/h8,11H,7,14H2,1-6H3. The smallest absolute Gasteiger partial charge is 0.123 e. The van der Waals surface area contributed by atoms with E-state index in [0.29, 0.717) is 6.61 Å². The molecule has 0 radical (unpaired) electrons. The highest BCUT2D eigenvalue weighted by Gasteiger charge is 2.30. The van der Waals surface area contributed by atoms with Gasteiger partial charge >= 0.3 is 0 Å². The normalized spacial score (nSPS) is 15.9. The Kier molecular flexibility index (Phi) is 4.69. The molecule has 1 rings (SSSR count). The van der Waals surface area contributed by atoms with Crippen molar-refractivity contribution >= 4 is 11.3 Å². The monoisotopic (exact) mass is 256 g/mol. The van der Waals surface area contributed by atoms with Crippen molar-refractivity contribution in [1.82, 2.24) is 4.98 Å². The van der Waals surface area contributed by atoms with E-state index in [1.54, 1.807) is 11.3 Å². The van der Waals surface area contributed by atoms with Crippen molar-refractivity contribution in [2.45, 2.75) is 53.7 Å². The van der Waals surface area contributed by atoms with E-state index < -0.39 is 0 Å². The van der Waals surface area contributed by atoms with Crippen LogP contribution in [0.1, 0.15) is 62.3 Å². The second-order valence-corrected chi connectivity index (χ2v) is 6.55. The molecule has 0 aromatic carbocycles. The summed E-state index contributed by atoms with van der Waals surface area (Å²) in [5, 5.41) is 1.05. The number of aromatic nitrogens is 1. The fraction of sp³-hybridized carbons (Fsp3) is 0.769. The average Bonchev–Trinajstić information content (AvgIpc) is 2.54. The van der Waals surface area contributed by atoms with Gasteiger partial charge in [0.15, 0.2) is 0 Å². The molecule has 2 atom stereocenters. The van der Waals surface area contributed by atoms with Crippen molar-refractivity contribution in [3.8, 4) is 0 Å². The number of aryl methyl sites for hydroxylation is 1. The minimum absolute atomic E-state index is 0.0449. The Morgan fingerprint density at radius 2 is 2.00 bits per heavy atom. The highest BCUT2D eigenvalue weighted by molar-refractivity contribution is 7.11. The lowest BCUT2D eigenvalue weighted by Crippen LogP contribution is -2.21. The molecule has 3 nitrogen and oxygen atoms in total. The van der Waals surface area contributed by atoms with Crippen LogP contribution in [0.25, 0.3) is 0 Å². The Morgan fingerprint density at radius 1 is 1.41 bits per heavy atom. The Labute approximate surface area is 108 Å². The predicted molar refractivity (Wildman–Crippen MR) is 73.3 cm³/mol. The summed E-state index contributed by atoms with van der Waals surface area (Å²) >= 11 is 1.68. The van der Waals surface area contributed by atoms with Gasteiger partial charge in [-0.2, -0.15) is 0 Å². The zero-order valence-corrected chi connectivity index (χ0v) is 12.5. The quantitative estimate of drug-likeness (QED) is 0.895. The molecule has 4 heteroatoms. The van der Waals surface area contributed by atoms with E-state index in [1.807, 2.05) is 20.8 Å². The maximum atomic E-state index is 5.94. The van der Waals surface area contributed by atoms with Gasteiger partial charge in [0.05, 0.1) is 5.69 Å². The van der Waals surface area contributed by atoms with Crippen LogP contribution in [0.2, 0.25) is 0 Å². The average molecular weight is 256 g/mol. The second-order valence-electron chi connectivity index (χ2n) is 5.49. The molecular formula is C13H24N2OS. The van der Waals surface area contributed by atoms with Gasteiger partial charge in [0, 0.05) is 17.5 Å². The fourth-order valence-electron chi connectivity index (χ4n) is 1.82. The number of hydrogen-bond donors (Lipinski definition) is 1. The molecule has 2 unspecified atom stereocenters. The third-order valence-electron chi connectivity index (χ3n) is 2.61. The van der Waals surface area contributed by atoms with E-state index in [1.165, 1.54) is 0 Å². The summed E-state index contributed by atoms with van der Waals surface area (Å²) in [6.07, 6.45) is 0.0451. The van der Waals surface area contributed by atoms with Crippen LogP contribution in [0, 0.1) is 12.3 Å². The van der Waals surface area contributed by atoms with Gasteiger partial charge < -0.3 is 10.5 Å². The van der Waals surface area contributed by atoms with Gasteiger partial charge in [-0.25, -0.2) is 4.98 Å². The molecule has 0 fully saturated rings. The molecule has 17 heavy (non-hydrogen) atoms. The van der Waals surface area contributed by atoms with E-state index in [2.05, 4.69) is 25.8 Å². The Morgan fingerprint density at radius 3 is 2.35 bits per heavy atom. The third kappa shape index (κ3) is 3.50. The van der Waals surface area contributed by atoms with Crippen LogP contribution in [0.4, 0.5) is 0 Å². The lowest BCUT2D eigenvalue weighted by atomic mass is 9.89. The topological polar surface area (TPSA) is 48.1 Å². The van der Waals surface area contributed by atoms with Gasteiger partial charge in [0.1, 0.15) is 11.1 Å². The van der Waals surface area contributed by atoms with Gasteiger partial charge in [-0.15, -0.1) is 11.3 Å². The highest BCUT2D eigenvalue weighted by Crippen LogP contribution is 2.39. The first-order chi connectivity index (χ1) is 7.77. The molecule has 1 heterocycles. The van der Waals surface area contributed by atoms with E-state index >= 15 is 0 Å². The summed E-state index contributed by atoms with van der Waals surface area (Å²) < 4.78 is 5.85. The molecule has 0 aliphatic rings. The first-order valence-corrected chi connectivity index (χ1v) is 6.93. The summed E-state index contributed by atoms with van der Waals surface area (Å²) in [6, 6.07) is 0.0449. The fourth-order valence-corrected chi connectivity index (χ4v) is 3.14. The molecule has 0 saturated heterocycles. The number of ether oxygens (including phenoxy) is 1. The van der Waals surface area contributed by atoms with Crippen LogP contribution >= 0.6 is 11.3 Å². The predicted octanol–water partition coefficient (Wildman–Crippen LogP) is 3.59. The first-order valence-electron chi connectivity index (χ1n) is 6.11. The van der Waals surface area contributed by atoms with Crippen molar-refractivity contribution in [2.75, 3.05) is 6.61 Å². The van der Waals surface area contributed by atoms with Gasteiger partial charge in [0.2, 0.25) is 0 Å². The lowest BCUT2D eigenvalue weighted by molar-refractivity contribution is -0.0134. The van der Waals surface area contributed by atoms with Crippen LogP contribution in [-0.4, -0.2) is 11.6 Å². The van der Waals surface area contributed by atoms with Crippen molar-refractivity contribution in [3.63, 3.8) is 0 Å². The van der Waals surface area contributed by atoms with Crippen molar-refractivity contribution in [3.05, 3.63) is 15.6 Å². The number of rotatable bonds is 4. The third-order valence-corrected chi connectivity index (χ3v) is 4.01. The number of hydrogen-bond acceptors (Lipinski definition) is 4. The Bertz CT molecular complexity index is 366. The first kappa shape index (κ1) is 14.6. The lowest BCUT2D eigenvalue weighted by Gasteiger charge is -2.28. The maximum Gasteiger partial charge on any atom is 0.123 e. The Hall–Kier alpha value is -0.450. The number of nitrogens with zero attached hydrogens (tertiary/aromatic N) is 1. The van der Waals surface area contributed by atoms with Crippen molar-refractivity contribution in [2.24, 2.45) is 11.1 Å². The minimum Gasteiger partial charge on any atom is -0.371 e. The largest absolute Gasteiger partial charge is 0.371 e. The molecule has 1 aromatic heterocycles. The summed E-state index contributed by atoms with van der Waals surface area (Å²) in [7, 11) is 0. The van der Waals surface area contributed by atoms with Gasteiger partial charge in [-0.05, 0) is 26.2 Å². The molecule has 0 amide bonds. The van der Waals surface area contributed by atoms with Crippen molar-refractivity contribution in [1.29, 1.82) is 0 Å². The molecular weight excluding hydrogens is 232 g/mol. The highest BCUT2D eigenvalue weighted by atomic mass is 32.1. The van der Waals surface area contributed by atoms with E-state index in [9.17, 15) is 0 Å². The second kappa shape index (κ2) is 5.46. The molecule has 0 spiro atoms. The molecule has 1 aromatic rings. The number of thiazole rings is 1. The SMILES string of the molecule is CCOC(c1nc(C)c(C(C)N)s1)C(C)(C)C. The van der Waals surface area contributed by atoms with Crippen LogP contribution in [0.5, 0.6) is 0 Å². The molecule has 0 saturated carbocycles. The molecule has 0 aliphatic heterocycles. The van der Waals surface area contributed by atoms with Crippen LogP contribution in [-0.2, 0) is 4.74 Å². The minimum atomic E-state index is 0.0449. The number of nitrogens with two attached hydrogens (primary N) is 1. The zero-order valence-electron chi connectivity index (χ0n) is 11.7. The van der Waals surface area contributed by atoms with Gasteiger partial charge in [-0.3, -0.25) is 0 Å². The van der Waals surface area contributed by atoms with Crippen LogP contribution < -0.4 is 5.73 Å². The van der Waals surface area contributed by atoms with Gasteiger partial charge in [0.25, 0.3) is 0 Å². The Balaban J connectivity index is 3.07. The van der Waals surface area contributed by atoms with E-state index in [4.69, 9.17) is 10.5 Å². The molecule has 2 N–H and O–H groups in total. The van der Waals surface area contributed by atoms with E-state index in [0.717, 1.165) is 15.6 Å². The van der Waals surface area contributed by atoms with Crippen LogP contribution in [0.15, 0.2) is 0 Å².